The number of aromatic amines is 1. The van der Waals surface area contributed by atoms with Gasteiger partial charge in [0.15, 0.2) is 0 Å². The van der Waals surface area contributed by atoms with Crippen LogP contribution in [0.25, 0.3) is 0 Å². The lowest BCUT2D eigenvalue weighted by molar-refractivity contribution is 0.451. The number of rotatable bonds is 2. The second-order valence-corrected chi connectivity index (χ2v) is 5.28. The van der Waals surface area contributed by atoms with Crippen molar-refractivity contribution >= 4 is 0 Å². The SMILES string of the molecule is Cc1c(C2CCCNC2)nc(C2CC2)[nH]c1=O. The summed E-state index contributed by atoms with van der Waals surface area (Å²) in [6.07, 6.45) is 4.68. The Labute approximate surface area is 101 Å². The molecule has 2 N–H and O–H groups in total. The second kappa shape index (κ2) is 4.26. The van der Waals surface area contributed by atoms with Crippen LogP contribution in [0.3, 0.4) is 0 Å². The molecular weight excluding hydrogens is 214 g/mol. The maximum absolute atomic E-state index is 11.9. The minimum absolute atomic E-state index is 0.0578. The monoisotopic (exact) mass is 233 g/mol. The van der Waals surface area contributed by atoms with Crippen molar-refractivity contribution in [3.05, 3.63) is 27.4 Å². The molecule has 1 unspecified atom stereocenters. The van der Waals surface area contributed by atoms with E-state index >= 15 is 0 Å². The van der Waals surface area contributed by atoms with Gasteiger partial charge in [-0.1, -0.05) is 0 Å². The van der Waals surface area contributed by atoms with Gasteiger partial charge < -0.3 is 10.3 Å². The number of nitrogens with zero attached hydrogens (tertiary/aromatic N) is 1. The maximum atomic E-state index is 11.9. The van der Waals surface area contributed by atoms with Crippen molar-refractivity contribution in [3.63, 3.8) is 0 Å². The summed E-state index contributed by atoms with van der Waals surface area (Å²) in [5, 5.41) is 3.39. The number of hydrogen-bond donors (Lipinski definition) is 2. The minimum atomic E-state index is 0.0578. The molecule has 4 nitrogen and oxygen atoms in total. The highest BCUT2D eigenvalue weighted by Crippen LogP contribution is 2.38. The second-order valence-electron chi connectivity index (χ2n) is 5.28. The van der Waals surface area contributed by atoms with E-state index in [1.165, 1.54) is 19.3 Å². The molecule has 3 rings (SSSR count). The zero-order chi connectivity index (χ0) is 11.8. The third-order valence-corrected chi connectivity index (χ3v) is 3.85. The predicted octanol–water partition coefficient (Wildman–Crippen LogP) is 1.42. The van der Waals surface area contributed by atoms with Crippen LogP contribution >= 0.6 is 0 Å². The van der Waals surface area contributed by atoms with E-state index in [9.17, 15) is 4.79 Å². The number of aromatic nitrogens is 2. The van der Waals surface area contributed by atoms with E-state index in [0.29, 0.717) is 11.8 Å². The number of H-pyrrole nitrogens is 1. The van der Waals surface area contributed by atoms with E-state index in [0.717, 1.165) is 36.6 Å². The Morgan fingerprint density at radius 1 is 1.24 bits per heavy atom. The normalized spacial score (nSPS) is 24.9. The van der Waals surface area contributed by atoms with Crippen LogP contribution in [0.5, 0.6) is 0 Å². The number of piperidine rings is 1. The Bertz CT molecular complexity index is 470. The van der Waals surface area contributed by atoms with E-state index in [-0.39, 0.29) is 5.56 Å². The molecule has 1 aromatic heterocycles. The molecular formula is C13H19N3O. The molecule has 17 heavy (non-hydrogen) atoms. The highest BCUT2D eigenvalue weighted by Gasteiger charge is 2.28. The number of nitrogens with one attached hydrogen (secondary N) is 2. The average Bonchev–Trinajstić information content (AvgIpc) is 3.18. The van der Waals surface area contributed by atoms with Crippen LogP contribution in [0.2, 0.25) is 0 Å². The summed E-state index contributed by atoms with van der Waals surface area (Å²) in [6, 6.07) is 0. The summed E-state index contributed by atoms with van der Waals surface area (Å²) < 4.78 is 0. The summed E-state index contributed by atoms with van der Waals surface area (Å²) in [5.41, 5.74) is 1.90. The van der Waals surface area contributed by atoms with Crippen LogP contribution in [0.4, 0.5) is 0 Å². The van der Waals surface area contributed by atoms with Crippen molar-refractivity contribution < 1.29 is 0 Å². The molecule has 0 amide bonds. The molecule has 2 aliphatic rings. The third-order valence-electron chi connectivity index (χ3n) is 3.85. The van der Waals surface area contributed by atoms with Crippen LogP contribution in [0.15, 0.2) is 4.79 Å². The molecule has 4 heteroatoms. The molecule has 1 aliphatic heterocycles. The van der Waals surface area contributed by atoms with Crippen LogP contribution < -0.4 is 10.9 Å². The Morgan fingerprint density at radius 3 is 2.71 bits per heavy atom. The Balaban J connectivity index is 1.98. The van der Waals surface area contributed by atoms with Gasteiger partial charge in [-0.25, -0.2) is 4.98 Å². The summed E-state index contributed by atoms with van der Waals surface area (Å²) >= 11 is 0. The van der Waals surface area contributed by atoms with E-state index in [2.05, 4.69) is 10.3 Å². The lowest BCUT2D eigenvalue weighted by Gasteiger charge is -2.23. The number of hydrogen-bond acceptors (Lipinski definition) is 3. The lowest BCUT2D eigenvalue weighted by atomic mass is 9.93. The summed E-state index contributed by atoms with van der Waals surface area (Å²) in [7, 11) is 0. The topological polar surface area (TPSA) is 57.8 Å². The summed E-state index contributed by atoms with van der Waals surface area (Å²) in [5.74, 6) is 1.85. The standard InChI is InChI=1S/C13H19N3O/c1-8-11(10-3-2-6-14-7-10)15-12(9-4-5-9)16-13(8)17/h9-10,14H,2-7H2,1H3,(H,15,16,17). The van der Waals surface area contributed by atoms with Crippen molar-refractivity contribution in [1.29, 1.82) is 0 Å². The molecule has 1 saturated carbocycles. The molecule has 0 spiro atoms. The van der Waals surface area contributed by atoms with Gasteiger partial charge in [0, 0.05) is 23.9 Å². The van der Waals surface area contributed by atoms with Gasteiger partial charge in [0.2, 0.25) is 0 Å². The quantitative estimate of drug-likeness (QED) is 0.812. The van der Waals surface area contributed by atoms with Crippen LogP contribution in [-0.4, -0.2) is 23.1 Å². The van der Waals surface area contributed by atoms with Gasteiger partial charge in [0.1, 0.15) is 5.82 Å². The maximum Gasteiger partial charge on any atom is 0.254 e. The van der Waals surface area contributed by atoms with Crippen molar-refractivity contribution in [3.8, 4) is 0 Å². The van der Waals surface area contributed by atoms with Gasteiger partial charge in [-0.15, -0.1) is 0 Å². The fraction of sp³-hybridized carbons (Fsp3) is 0.692. The van der Waals surface area contributed by atoms with Crippen LogP contribution in [0.1, 0.15) is 54.6 Å². The molecule has 2 fully saturated rings. The first-order valence-electron chi connectivity index (χ1n) is 6.57. The average molecular weight is 233 g/mol. The van der Waals surface area contributed by atoms with Gasteiger partial charge in [-0.2, -0.15) is 0 Å². The Kier molecular flexibility index (Phi) is 2.74. The largest absolute Gasteiger partial charge is 0.316 e. The predicted molar refractivity (Wildman–Crippen MR) is 66.4 cm³/mol. The fourth-order valence-electron chi connectivity index (χ4n) is 2.60. The third kappa shape index (κ3) is 2.14. The first-order chi connectivity index (χ1) is 8.25. The van der Waals surface area contributed by atoms with Crippen LogP contribution in [0, 0.1) is 6.92 Å². The molecule has 0 bridgehead atoms. The van der Waals surface area contributed by atoms with E-state index in [4.69, 9.17) is 4.98 Å². The highest BCUT2D eigenvalue weighted by molar-refractivity contribution is 5.23. The molecule has 1 atom stereocenters. The molecule has 1 saturated heterocycles. The first kappa shape index (κ1) is 11.0. The molecule has 1 aromatic rings. The van der Waals surface area contributed by atoms with Crippen molar-refractivity contribution in [2.75, 3.05) is 13.1 Å². The first-order valence-corrected chi connectivity index (χ1v) is 6.57. The van der Waals surface area contributed by atoms with Gasteiger partial charge in [0.25, 0.3) is 5.56 Å². The fourth-order valence-corrected chi connectivity index (χ4v) is 2.60. The summed E-state index contributed by atoms with van der Waals surface area (Å²) in [6.45, 7) is 3.95. The molecule has 0 radical (unpaired) electrons. The van der Waals surface area contributed by atoms with Crippen molar-refractivity contribution in [2.45, 2.75) is 44.4 Å². The van der Waals surface area contributed by atoms with E-state index in [1.54, 1.807) is 0 Å². The zero-order valence-corrected chi connectivity index (χ0v) is 10.3. The van der Waals surface area contributed by atoms with Crippen LogP contribution in [-0.2, 0) is 0 Å². The molecule has 1 aliphatic carbocycles. The molecule has 92 valence electrons. The summed E-state index contributed by atoms with van der Waals surface area (Å²) in [4.78, 5) is 19.6. The minimum Gasteiger partial charge on any atom is -0.316 e. The Hall–Kier alpha value is -1.16. The highest BCUT2D eigenvalue weighted by atomic mass is 16.1. The molecule has 2 heterocycles. The van der Waals surface area contributed by atoms with Crippen molar-refractivity contribution in [1.82, 2.24) is 15.3 Å². The van der Waals surface area contributed by atoms with Gasteiger partial charge in [0.05, 0.1) is 5.69 Å². The van der Waals surface area contributed by atoms with Gasteiger partial charge in [-0.3, -0.25) is 4.79 Å². The van der Waals surface area contributed by atoms with Gasteiger partial charge in [-0.05, 0) is 39.2 Å². The van der Waals surface area contributed by atoms with E-state index in [1.807, 2.05) is 6.92 Å². The molecule has 0 aromatic carbocycles. The lowest BCUT2D eigenvalue weighted by Crippen LogP contribution is -2.31. The van der Waals surface area contributed by atoms with E-state index < -0.39 is 0 Å². The van der Waals surface area contributed by atoms with Crippen molar-refractivity contribution in [2.24, 2.45) is 0 Å². The smallest absolute Gasteiger partial charge is 0.254 e. The zero-order valence-electron chi connectivity index (χ0n) is 10.3. The Morgan fingerprint density at radius 2 is 2.06 bits per heavy atom. The van der Waals surface area contributed by atoms with Gasteiger partial charge >= 0.3 is 0 Å².